The van der Waals surface area contributed by atoms with Gasteiger partial charge in [-0.2, -0.15) is 0 Å². The van der Waals surface area contributed by atoms with Crippen LogP contribution in [-0.2, 0) is 0 Å². The van der Waals surface area contributed by atoms with Crippen molar-refractivity contribution in [2.45, 2.75) is 6.92 Å². The van der Waals surface area contributed by atoms with E-state index in [-0.39, 0.29) is 5.91 Å². The molecule has 1 aromatic heterocycles. The number of carbonyl (C=O) groups is 1. The largest absolute Gasteiger partial charge is 0.368 e. The third-order valence-electron chi connectivity index (χ3n) is 5.90. The summed E-state index contributed by atoms with van der Waals surface area (Å²) in [5.41, 5.74) is 5.31. The van der Waals surface area contributed by atoms with E-state index < -0.39 is 0 Å². The number of amides is 1. The average Bonchev–Trinajstić information content (AvgIpc) is 2.84. The number of para-hydroxylation sites is 1. The molecule has 1 aliphatic rings. The molecule has 1 amide bonds. The fraction of sp³-hybridized carbons (Fsp3) is 0.192. The van der Waals surface area contributed by atoms with E-state index in [0.717, 1.165) is 29.6 Å². The number of hydrogen-bond donors (Lipinski definition) is 0. The van der Waals surface area contributed by atoms with E-state index in [9.17, 15) is 4.79 Å². The number of aryl methyl sites for hydroxylation is 1. The molecule has 5 nitrogen and oxygen atoms in total. The minimum absolute atomic E-state index is 0.0226. The Labute approximate surface area is 182 Å². The highest BCUT2D eigenvalue weighted by Crippen LogP contribution is 2.29. The lowest BCUT2D eigenvalue weighted by atomic mass is 9.99. The van der Waals surface area contributed by atoms with Crippen LogP contribution in [0.25, 0.3) is 22.2 Å². The topological polar surface area (TPSA) is 49.3 Å². The van der Waals surface area contributed by atoms with Crippen molar-refractivity contribution in [1.29, 1.82) is 0 Å². The Balaban J connectivity index is 1.49. The molecule has 0 spiro atoms. The fourth-order valence-corrected chi connectivity index (χ4v) is 4.15. The maximum absolute atomic E-state index is 13.8. The number of carbonyl (C=O) groups excluding carboxylic acids is 1. The quantitative estimate of drug-likeness (QED) is 0.498. The Morgan fingerprint density at radius 1 is 0.774 bits per heavy atom. The van der Waals surface area contributed by atoms with Crippen LogP contribution in [-0.4, -0.2) is 47.2 Å². The van der Waals surface area contributed by atoms with Gasteiger partial charge in [0, 0.05) is 42.8 Å². The summed E-state index contributed by atoms with van der Waals surface area (Å²) in [6, 6.07) is 26.2. The zero-order chi connectivity index (χ0) is 21.2. The monoisotopic (exact) mass is 408 g/mol. The van der Waals surface area contributed by atoms with Gasteiger partial charge in [0.15, 0.2) is 0 Å². The summed E-state index contributed by atoms with van der Waals surface area (Å²) in [5, 5.41) is 9.72. The van der Waals surface area contributed by atoms with Gasteiger partial charge >= 0.3 is 0 Å². The van der Waals surface area contributed by atoms with Gasteiger partial charge in [-0.15, -0.1) is 10.2 Å². The van der Waals surface area contributed by atoms with Crippen LogP contribution in [0.3, 0.4) is 0 Å². The molecule has 0 bridgehead atoms. The van der Waals surface area contributed by atoms with Gasteiger partial charge in [-0.3, -0.25) is 4.79 Å². The number of benzene rings is 3. The Bertz CT molecular complexity index is 1210. The van der Waals surface area contributed by atoms with Crippen LogP contribution in [0.15, 0.2) is 78.9 Å². The fourth-order valence-electron chi connectivity index (χ4n) is 4.15. The van der Waals surface area contributed by atoms with Gasteiger partial charge in [0.1, 0.15) is 5.69 Å². The van der Waals surface area contributed by atoms with Crippen molar-refractivity contribution < 1.29 is 4.79 Å². The second kappa shape index (κ2) is 8.19. The summed E-state index contributed by atoms with van der Waals surface area (Å²) in [4.78, 5) is 18.0. The van der Waals surface area contributed by atoms with Crippen LogP contribution in [0.1, 0.15) is 15.9 Å². The molecule has 5 heteroatoms. The Morgan fingerprint density at radius 2 is 1.45 bits per heavy atom. The number of piperazine rings is 1. The lowest BCUT2D eigenvalue weighted by Gasteiger charge is -2.36. The Kier molecular flexibility index (Phi) is 5.08. The molecule has 1 fully saturated rings. The van der Waals surface area contributed by atoms with Crippen molar-refractivity contribution >= 4 is 22.5 Å². The maximum Gasteiger partial charge on any atom is 0.256 e. The van der Waals surface area contributed by atoms with Crippen molar-refractivity contribution in [2.75, 3.05) is 31.1 Å². The molecule has 5 rings (SSSR count). The highest BCUT2D eigenvalue weighted by atomic mass is 16.2. The highest BCUT2D eigenvalue weighted by molar-refractivity contribution is 6.10. The molecule has 1 aliphatic heterocycles. The molecule has 2 heterocycles. The van der Waals surface area contributed by atoms with Gasteiger partial charge in [0.05, 0.1) is 11.1 Å². The van der Waals surface area contributed by atoms with Crippen molar-refractivity contribution in [3.05, 3.63) is 90.0 Å². The molecule has 0 aliphatic carbocycles. The molecular weight excluding hydrogens is 384 g/mol. The molecule has 0 atom stereocenters. The molecular formula is C26H24N4O. The summed E-state index contributed by atoms with van der Waals surface area (Å²) < 4.78 is 0. The first kappa shape index (κ1) is 19.2. The molecule has 3 aromatic carbocycles. The van der Waals surface area contributed by atoms with Gasteiger partial charge in [-0.05, 0) is 25.1 Å². The second-order valence-corrected chi connectivity index (χ2v) is 7.92. The minimum atomic E-state index is 0.0226. The normalized spacial score (nSPS) is 14.1. The Hall–Kier alpha value is -3.73. The van der Waals surface area contributed by atoms with Crippen molar-refractivity contribution in [3.8, 4) is 11.3 Å². The summed E-state index contributed by atoms with van der Waals surface area (Å²) in [5.74, 6) is 0.0226. The Morgan fingerprint density at radius 3 is 2.19 bits per heavy atom. The molecule has 0 N–H and O–H groups in total. The van der Waals surface area contributed by atoms with Gasteiger partial charge in [0.2, 0.25) is 0 Å². The highest BCUT2D eigenvalue weighted by Gasteiger charge is 2.27. The SMILES string of the molecule is Cc1ccc(-c2nnc3ccccc3c2C(=O)N2CCN(c3ccccc3)CC2)cc1. The van der Waals surface area contributed by atoms with Crippen LogP contribution in [0.2, 0.25) is 0 Å². The van der Waals surface area contributed by atoms with Crippen LogP contribution < -0.4 is 4.90 Å². The number of fused-ring (bicyclic) bond motifs is 1. The molecule has 31 heavy (non-hydrogen) atoms. The smallest absolute Gasteiger partial charge is 0.256 e. The van der Waals surface area contributed by atoms with E-state index >= 15 is 0 Å². The van der Waals surface area contributed by atoms with Crippen molar-refractivity contribution in [3.63, 3.8) is 0 Å². The van der Waals surface area contributed by atoms with E-state index in [1.165, 1.54) is 11.3 Å². The van der Waals surface area contributed by atoms with E-state index in [4.69, 9.17) is 0 Å². The summed E-state index contributed by atoms with van der Waals surface area (Å²) in [6.45, 7) is 5.03. The van der Waals surface area contributed by atoms with Crippen molar-refractivity contribution in [2.24, 2.45) is 0 Å². The predicted octanol–water partition coefficient (Wildman–Crippen LogP) is 4.57. The summed E-state index contributed by atoms with van der Waals surface area (Å²) in [7, 11) is 0. The van der Waals surface area contributed by atoms with Crippen LogP contribution in [0.4, 0.5) is 5.69 Å². The average molecular weight is 409 g/mol. The molecule has 4 aromatic rings. The van der Waals surface area contributed by atoms with Gasteiger partial charge in [-0.25, -0.2) is 0 Å². The maximum atomic E-state index is 13.8. The number of aromatic nitrogens is 2. The van der Waals surface area contributed by atoms with E-state index in [1.807, 2.05) is 66.4 Å². The third kappa shape index (κ3) is 3.75. The first-order valence-electron chi connectivity index (χ1n) is 10.6. The molecule has 0 radical (unpaired) electrons. The zero-order valence-electron chi connectivity index (χ0n) is 17.5. The van der Waals surface area contributed by atoms with Crippen LogP contribution in [0, 0.1) is 6.92 Å². The molecule has 0 saturated carbocycles. The summed E-state index contributed by atoms with van der Waals surface area (Å²) in [6.07, 6.45) is 0. The van der Waals surface area contributed by atoms with Crippen molar-refractivity contribution in [1.82, 2.24) is 15.1 Å². The molecule has 1 saturated heterocycles. The predicted molar refractivity (Wildman–Crippen MR) is 124 cm³/mol. The molecule has 0 unspecified atom stereocenters. The van der Waals surface area contributed by atoms with Gasteiger partial charge in [0.25, 0.3) is 5.91 Å². The first-order valence-corrected chi connectivity index (χ1v) is 10.6. The number of nitrogens with zero attached hydrogens (tertiary/aromatic N) is 4. The lowest BCUT2D eigenvalue weighted by Crippen LogP contribution is -2.49. The molecule has 154 valence electrons. The first-order chi connectivity index (χ1) is 15.2. The standard InChI is InChI=1S/C26H24N4O/c1-19-11-13-20(14-12-19)25-24(22-9-5-6-10-23(22)27-28-25)26(31)30-17-15-29(16-18-30)21-7-3-2-4-8-21/h2-14H,15-18H2,1H3. The number of anilines is 1. The van der Waals surface area contributed by atoms with Crippen LogP contribution >= 0.6 is 0 Å². The zero-order valence-corrected chi connectivity index (χ0v) is 17.5. The van der Waals surface area contributed by atoms with E-state index in [0.29, 0.717) is 24.3 Å². The van der Waals surface area contributed by atoms with Crippen LogP contribution in [0.5, 0.6) is 0 Å². The van der Waals surface area contributed by atoms with Gasteiger partial charge in [-0.1, -0.05) is 66.2 Å². The van der Waals surface area contributed by atoms with Gasteiger partial charge < -0.3 is 9.80 Å². The third-order valence-corrected chi connectivity index (χ3v) is 5.90. The van der Waals surface area contributed by atoms with E-state index in [1.54, 1.807) is 0 Å². The minimum Gasteiger partial charge on any atom is -0.368 e. The second-order valence-electron chi connectivity index (χ2n) is 7.92. The number of rotatable bonds is 3. The lowest BCUT2D eigenvalue weighted by molar-refractivity contribution is 0.0749. The van der Waals surface area contributed by atoms with E-state index in [2.05, 4.69) is 39.4 Å². The number of hydrogen-bond acceptors (Lipinski definition) is 4. The summed E-state index contributed by atoms with van der Waals surface area (Å²) >= 11 is 0.